The lowest BCUT2D eigenvalue weighted by molar-refractivity contribution is 0.0917. The van der Waals surface area contributed by atoms with E-state index >= 15 is 0 Å². The quantitative estimate of drug-likeness (QED) is 0.777. The number of nitrogens with zero attached hydrogens (tertiary/aromatic N) is 1. The summed E-state index contributed by atoms with van der Waals surface area (Å²) in [5.41, 5.74) is 2.02. The van der Waals surface area contributed by atoms with Crippen molar-refractivity contribution in [3.05, 3.63) is 65.5 Å². The van der Waals surface area contributed by atoms with Gasteiger partial charge >= 0.3 is 0 Å². The molecule has 1 aromatic heterocycles. The van der Waals surface area contributed by atoms with E-state index in [-0.39, 0.29) is 17.6 Å². The van der Waals surface area contributed by atoms with Gasteiger partial charge in [0.05, 0.1) is 5.69 Å². The molecular weight excluding hydrogens is 288 g/mol. The first-order valence-electron chi connectivity index (χ1n) is 7.86. The predicted molar refractivity (Wildman–Crippen MR) is 90.6 cm³/mol. The number of amides is 1. The Balaban J connectivity index is 1.63. The fourth-order valence-corrected chi connectivity index (χ4v) is 2.58. The minimum absolute atomic E-state index is 0.218. The molecule has 4 nitrogen and oxygen atoms in total. The number of carbonyl (C=O) groups excluding carboxylic acids is 1. The van der Waals surface area contributed by atoms with Gasteiger partial charge in [0.2, 0.25) is 5.76 Å². The van der Waals surface area contributed by atoms with Gasteiger partial charge in [-0.15, -0.1) is 0 Å². The van der Waals surface area contributed by atoms with Crippen molar-refractivity contribution < 1.29 is 9.32 Å². The molecule has 0 atom stereocenters. The average Bonchev–Trinajstić information content (AvgIpc) is 3.05. The van der Waals surface area contributed by atoms with Crippen molar-refractivity contribution in [1.29, 1.82) is 0 Å². The van der Waals surface area contributed by atoms with E-state index in [1.54, 1.807) is 6.07 Å². The van der Waals surface area contributed by atoms with Crippen molar-refractivity contribution in [3.63, 3.8) is 0 Å². The van der Waals surface area contributed by atoms with Crippen LogP contribution in [0.1, 0.15) is 41.6 Å². The normalized spacial score (nSPS) is 11.1. The molecule has 0 saturated heterocycles. The molecule has 3 rings (SSSR count). The predicted octanol–water partition coefficient (Wildman–Crippen LogP) is 3.92. The highest BCUT2D eigenvalue weighted by atomic mass is 16.5. The van der Waals surface area contributed by atoms with Crippen LogP contribution in [0.15, 0.2) is 53.1 Å². The monoisotopic (exact) mass is 308 g/mol. The zero-order chi connectivity index (χ0) is 16.2. The number of fused-ring (bicyclic) bond motifs is 1. The van der Waals surface area contributed by atoms with Gasteiger partial charge in [-0.05, 0) is 28.7 Å². The fraction of sp³-hybridized carbons (Fsp3) is 0.263. The number of carbonyl (C=O) groups is 1. The molecule has 0 bridgehead atoms. The van der Waals surface area contributed by atoms with Crippen LogP contribution in [0.25, 0.3) is 10.8 Å². The molecule has 1 amide bonds. The molecule has 0 fully saturated rings. The molecule has 4 heteroatoms. The number of benzene rings is 2. The number of hydrogen-bond donors (Lipinski definition) is 1. The molecule has 3 aromatic rings. The van der Waals surface area contributed by atoms with E-state index in [0.29, 0.717) is 6.54 Å². The van der Waals surface area contributed by atoms with Crippen LogP contribution in [0.3, 0.4) is 0 Å². The van der Waals surface area contributed by atoms with Gasteiger partial charge in [0.1, 0.15) is 0 Å². The minimum atomic E-state index is -0.218. The van der Waals surface area contributed by atoms with Crippen molar-refractivity contribution in [2.75, 3.05) is 6.54 Å². The second-order valence-corrected chi connectivity index (χ2v) is 5.91. The summed E-state index contributed by atoms with van der Waals surface area (Å²) in [6, 6.07) is 16.2. The van der Waals surface area contributed by atoms with Crippen molar-refractivity contribution in [2.24, 2.45) is 0 Å². The third-order valence-corrected chi connectivity index (χ3v) is 3.90. The molecule has 0 radical (unpaired) electrons. The number of rotatable bonds is 5. The first kappa shape index (κ1) is 15.3. The molecule has 1 heterocycles. The molecule has 0 unspecified atom stereocenters. The highest BCUT2D eigenvalue weighted by Crippen LogP contribution is 2.18. The van der Waals surface area contributed by atoms with Gasteiger partial charge in [-0.1, -0.05) is 61.5 Å². The lowest BCUT2D eigenvalue weighted by Gasteiger charge is -2.07. The second kappa shape index (κ2) is 6.65. The van der Waals surface area contributed by atoms with Crippen LogP contribution in [0.4, 0.5) is 0 Å². The smallest absolute Gasteiger partial charge is 0.289 e. The second-order valence-electron chi connectivity index (χ2n) is 5.91. The Morgan fingerprint density at radius 1 is 1.17 bits per heavy atom. The van der Waals surface area contributed by atoms with Crippen LogP contribution in [0, 0.1) is 0 Å². The summed E-state index contributed by atoms with van der Waals surface area (Å²) in [5.74, 6) is 0.298. The van der Waals surface area contributed by atoms with E-state index in [1.807, 2.05) is 32.0 Å². The van der Waals surface area contributed by atoms with E-state index in [0.717, 1.165) is 12.1 Å². The van der Waals surface area contributed by atoms with Gasteiger partial charge in [-0.2, -0.15) is 0 Å². The number of nitrogens with one attached hydrogen (secondary N) is 1. The Hall–Kier alpha value is -2.62. The van der Waals surface area contributed by atoms with Crippen LogP contribution in [-0.2, 0) is 6.42 Å². The summed E-state index contributed by atoms with van der Waals surface area (Å²) in [5, 5.41) is 9.24. The summed E-state index contributed by atoms with van der Waals surface area (Å²) in [6.07, 6.45) is 0.776. The largest absolute Gasteiger partial charge is 0.351 e. The molecule has 0 spiro atoms. The number of aromatic nitrogens is 1. The van der Waals surface area contributed by atoms with Crippen molar-refractivity contribution in [1.82, 2.24) is 10.5 Å². The third-order valence-electron chi connectivity index (χ3n) is 3.90. The molecule has 2 aromatic carbocycles. The zero-order valence-corrected chi connectivity index (χ0v) is 13.4. The third kappa shape index (κ3) is 3.42. The summed E-state index contributed by atoms with van der Waals surface area (Å²) >= 11 is 0. The standard InChI is InChI=1S/C19H20N2O2/c1-13(2)17-12-18(23-21-17)19(22)20-11-10-15-8-5-7-14-6-3-4-9-16(14)15/h3-9,12-13H,10-11H2,1-2H3,(H,20,22). The van der Waals surface area contributed by atoms with Crippen LogP contribution in [0.5, 0.6) is 0 Å². The summed E-state index contributed by atoms with van der Waals surface area (Å²) in [4.78, 5) is 12.1. The van der Waals surface area contributed by atoms with E-state index < -0.39 is 0 Å². The summed E-state index contributed by atoms with van der Waals surface area (Å²) in [7, 11) is 0. The van der Waals surface area contributed by atoms with Gasteiger partial charge in [-0.25, -0.2) is 0 Å². The Kier molecular flexibility index (Phi) is 4.42. The maximum Gasteiger partial charge on any atom is 0.289 e. The van der Waals surface area contributed by atoms with Crippen LogP contribution in [0.2, 0.25) is 0 Å². The van der Waals surface area contributed by atoms with Gasteiger partial charge in [0, 0.05) is 12.6 Å². The Bertz CT molecular complexity index is 816. The molecule has 0 saturated carbocycles. The Morgan fingerprint density at radius 2 is 1.96 bits per heavy atom. The average molecular weight is 308 g/mol. The molecule has 0 aliphatic rings. The molecule has 23 heavy (non-hydrogen) atoms. The molecule has 1 N–H and O–H groups in total. The highest BCUT2D eigenvalue weighted by Gasteiger charge is 2.14. The van der Waals surface area contributed by atoms with Crippen LogP contribution < -0.4 is 5.32 Å². The summed E-state index contributed by atoms with van der Waals surface area (Å²) in [6.45, 7) is 4.59. The lowest BCUT2D eigenvalue weighted by Crippen LogP contribution is -2.25. The topological polar surface area (TPSA) is 55.1 Å². The number of hydrogen-bond acceptors (Lipinski definition) is 3. The molecule has 0 aliphatic heterocycles. The lowest BCUT2D eigenvalue weighted by atomic mass is 10.0. The highest BCUT2D eigenvalue weighted by molar-refractivity contribution is 5.91. The first-order chi connectivity index (χ1) is 11.1. The van der Waals surface area contributed by atoms with Gasteiger partial charge in [-0.3, -0.25) is 4.79 Å². The molecule has 118 valence electrons. The Morgan fingerprint density at radius 3 is 2.74 bits per heavy atom. The van der Waals surface area contributed by atoms with E-state index in [9.17, 15) is 4.79 Å². The Labute approximate surface area is 135 Å². The molecule has 0 aliphatic carbocycles. The summed E-state index contributed by atoms with van der Waals surface area (Å²) < 4.78 is 5.10. The van der Waals surface area contributed by atoms with E-state index in [1.165, 1.54) is 16.3 Å². The van der Waals surface area contributed by atoms with Crippen LogP contribution >= 0.6 is 0 Å². The van der Waals surface area contributed by atoms with Gasteiger partial charge in [0.15, 0.2) is 0 Å². The van der Waals surface area contributed by atoms with E-state index in [4.69, 9.17) is 4.52 Å². The fourth-order valence-electron chi connectivity index (χ4n) is 2.58. The van der Waals surface area contributed by atoms with E-state index in [2.05, 4.69) is 34.7 Å². The molecular formula is C19H20N2O2. The van der Waals surface area contributed by atoms with Crippen molar-refractivity contribution >= 4 is 16.7 Å². The van der Waals surface area contributed by atoms with Gasteiger partial charge < -0.3 is 9.84 Å². The zero-order valence-electron chi connectivity index (χ0n) is 13.4. The van der Waals surface area contributed by atoms with Crippen molar-refractivity contribution in [2.45, 2.75) is 26.2 Å². The first-order valence-corrected chi connectivity index (χ1v) is 7.86. The van der Waals surface area contributed by atoms with Gasteiger partial charge in [0.25, 0.3) is 5.91 Å². The maximum absolute atomic E-state index is 12.1. The van der Waals surface area contributed by atoms with Crippen LogP contribution in [-0.4, -0.2) is 17.6 Å². The minimum Gasteiger partial charge on any atom is -0.351 e. The van der Waals surface area contributed by atoms with Crippen molar-refractivity contribution in [3.8, 4) is 0 Å². The maximum atomic E-state index is 12.1. The SMILES string of the molecule is CC(C)c1cc(C(=O)NCCc2cccc3ccccc23)on1.